The first-order chi connectivity index (χ1) is 9.60. The SMILES string of the molecule is COc1ccc(COc2ccc([C@H](C)N)cc2Cl)cc1. The van der Waals surface area contributed by atoms with Crippen LogP contribution < -0.4 is 15.2 Å². The number of halogens is 1. The van der Waals surface area contributed by atoms with Crippen molar-refractivity contribution in [3.05, 3.63) is 58.6 Å². The van der Waals surface area contributed by atoms with Gasteiger partial charge in [-0.3, -0.25) is 0 Å². The molecule has 0 aromatic heterocycles. The van der Waals surface area contributed by atoms with Crippen LogP contribution >= 0.6 is 11.6 Å². The van der Waals surface area contributed by atoms with Crippen molar-refractivity contribution in [2.75, 3.05) is 7.11 Å². The van der Waals surface area contributed by atoms with E-state index in [1.165, 1.54) is 0 Å². The molecular formula is C16H18ClNO2. The molecule has 20 heavy (non-hydrogen) atoms. The highest BCUT2D eigenvalue weighted by atomic mass is 35.5. The number of benzene rings is 2. The summed E-state index contributed by atoms with van der Waals surface area (Å²) < 4.78 is 10.8. The second-order valence-corrected chi connectivity index (χ2v) is 5.02. The highest BCUT2D eigenvalue weighted by Crippen LogP contribution is 2.28. The molecule has 4 heteroatoms. The van der Waals surface area contributed by atoms with Crippen LogP contribution in [0.1, 0.15) is 24.1 Å². The Morgan fingerprint density at radius 1 is 1.15 bits per heavy atom. The molecule has 0 fully saturated rings. The first-order valence-electron chi connectivity index (χ1n) is 6.41. The Balaban J connectivity index is 2.03. The molecule has 0 radical (unpaired) electrons. The third kappa shape index (κ3) is 3.65. The topological polar surface area (TPSA) is 44.5 Å². The van der Waals surface area contributed by atoms with Gasteiger partial charge in [0.15, 0.2) is 0 Å². The van der Waals surface area contributed by atoms with Crippen molar-refractivity contribution < 1.29 is 9.47 Å². The minimum Gasteiger partial charge on any atom is -0.497 e. The van der Waals surface area contributed by atoms with E-state index in [-0.39, 0.29) is 6.04 Å². The molecule has 0 unspecified atom stereocenters. The monoisotopic (exact) mass is 291 g/mol. The lowest BCUT2D eigenvalue weighted by Crippen LogP contribution is -2.05. The van der Waals surface area contributed by atoms with E-state index >= 15 is 0 Å². The van der Waals surface area contributed by atoms with Crippen molar-refractivity contribution >= 4 is 11.6 Å². The molecule has 1 atom stereocenters. The van der Waals surface area contributed by atoms with Crippen LogP contribution in [0.25, 0.3) is 0 Å². The van der Waals surface area contributed by atoms with E-state index in [4.69, 9.17) is 26.8 Å². The van der Waals surface area contributed by atoms with Gasteiger partial charge in [0.25, 0.3) is 0 Å². The summed E-state index contributed by atoms with van der Waals surface area (Å²) in [6.07, 6.45) is 0. The summed E-state index contributed by atoms with van der Waals surface area (Å²) in [4.78, 5) is 0. The predicted octanol–water partition coefficient (Wildman–Crippen LogP) is 3.95. The number of rotatable bonds is 5. The molecule has 2 rings (SSSR count). The molecule has 0 aliphatic rings. The standard InChI is InChI=1S/C16H18ClNO2/c1-11(18)13-5-8-16(15(17)9-13)20-10-12-3-6-14(19-2)7-4-12/h3-9,11H,10,18H2,1-2H3/t11-/m0/s1. The quantitative estimate of drug-likeness (QED) is 0.907. The van der Waals surface area contributed by atoms with Crippen LogP contribution in [0.2, 0.25) is 5.02 Å². The molecule has 0 heterocycles. The van der Waals surface area contributed by atoms with Gasteiger partial charge in [-0.2, -0.15) is 0 Å². The van der Waals surface area contributed by atoms with Crippen molar-refractivity contribution in [3.8, 4) is 11.5 Å². The van der Waals surface area contributed by atoms with Crippen molar-refractivity contribution in [1.29, 1.82) is 0 Å². The van der Waals surface area contributed by atoms with Crippen LogP contribution in [0.3, 0.4) is 0 Å². The maximum atomic E-state index is 6.19. The first kappa shape index (κ1) is 14.7. The Labute approximate surface area is 124 Å². The zero-order valence-electron chi connectivity index (χ0n) is 11.6. The Hall–Kier alpha value is -1.71. The molecule has 0 saturated carbocycles. The number of hydrogen-bond donors (Lipinski definition) is 1. The number of methoxy groups -OCH3 is 1. The molecular weight excluding hydrogens is 274 g/mol. The lowest BCUT2D eigenvalue weighted by atomic mass is 10.1. The molecule has 0 amide bonds. The summed E-state index contributed by atoms with van der Waals surface area (Å²) in [7, 11) is 1.64. The molecule has 0 aliphatic carbocycles. The van der Waals surface area contributed by atoms with Gasteiger partial charge in [-0.05, 0) is 42.3 Å². The van der Waals surface area contributed by atoms with E-state index in [1.807, 2.05) is 49.4 Å². The number of nitrogens with two attached hydrogens (primary N) is 1. The molecule has 3 nitrogen and oxygen atoms in total. The zero-order chi connectivity index (χ0) is 14.5. The molecule has 106 valence electrons. The molecule has 0 aliphatic heterocycles. The fourth-order valence-electron chi connectivity index (χ4n) is 1.80. The molecule has 2 N–H and O–H groups in total. The third-order valence-corrected chi connectivity index (χ3v) is 3.33. The van der Waals surface area contributed by atoms with Gasteiger partial charge in [-0.1, -0.05) is 29.8 Å². The van der Waals surface area contributed by atoms with E-state index in [0.717, 1.165) is 16.9 Å². The summed E-state index contributed by atoms with van der Waals surface area (Å²) in [5.74, 6) is 1.49. The van der Waals surface area contributed by atoms with Crippen LogP contribution in [0.15, 0.2) is 42.5 Å². The average Bonchev–Trinajstić information content (AvgIpc) is 2.46. The van der Waals surface area contributed by atoms with E-state index in [0.29, 0.717) is 17.4 Å². The normalized spacial score (nSPS) is 12.0. The van der Waals surface area contributed by atoms with E-state index in [1.54, 1.807) is 7.11 Å². The van der Waals surface area contributed by atoms with Crippen LogP contribution in [0.4, 0.5) is 0 Å². The van der Waals surface area contributed by atoms with Crippen molar-refractivity contribution in [1.82, 2.24) is 0 Å². The molecule has 2 aromatic carbocycles. The van der Waals surface area contributed by atoms with Gasteiger partial charge in [-0.25, -0.2) is 0 Å². The van der Waals surface area contributed by atoms with Gasteiger partial charge >= 0.3 is 0 Å². The number of hydrogen-bond acceptors (Lipinski definition) is 3. The molecule has 0 saturated heterocycles. The van der Waals surface area contributed by atoms with E-state index < -0.39 is 0 Å². The van der Waals surface area contributed by atoms with Gasteiger partial charge in [0, 0.05) is 6.04 Å². The zero-order valence-corrected chi connectivity index (χ0v) is 12.4. The lowest BCUT2D eigenvalue weighted by Gasteiger charge is -2.11. The maximum absolute atomic E-state index is 6.19. The second kappa shape index (κ2) is 6.64. The first-order valence-corrected chi connectivity index (χ1v) is 6.78. The Kier molecular flexibility index (Phi) is 4.88. The maximum Gasteiger partial charge on any atom is 0.138 e. The van der Waals surface area contributed by atoms with E-state index in [9.17, 15) is 0 Å². The van der Waals surface area contributed by atoms with Gasteiger partial charge in [0.1, 0.15) is 18.1 Å². The summed E-state index contributed by atoms with van der Waals surface area (Å²) in [5.41, 5.74) is 7.86. The molecule has 0 spiro atoms. The summed E-state index contributed by atoms with van der Waals surface area (Å²) in [5, 5.41) is 0.577. The Morgan fingerprint density at radius 2 is 1.85 bits per heavy atom. The smallest absolute Gasteiger partial charge is 0.138 e. The van der Waals surface area contributed by atoms with Gasteiger partial charge in [-0.15, -0.1) is 0 Å². The second-order valence-electron chi connectivity index (χ2n) is 4.62. The van der Waals surface area contributed by atoms with Crippen LogP contribution in [-0.4, -0.2) is 7.11 Å². The van der Waals surface area contributed by atoms with Crippen molar-refractivity contribution in [2.45, 2.75) is 19.6 Å². The third-order valence-electron chi connectivity index (χ3n) is 3.04. The highest BCUT2D eigenvalue weighted by Gasteiger charge is 2.06. The van der Waals surface area contributed by atoms with Crippen molar-refractivity contribution in [3.63, 3.8) is 0 Å². The number of ether oxygens (including phenoxy) is 2. The molecule has 2 aromatic rings. The van der Waals surface area contributed by atoms with Gasteiger partial charge in [0.05, 0.1) is 12.1 Å². The highest BCUT2D eigenvalue weighted by molar-refractivity contribution is 6.32. The van der Waals surface area contributed by atoms with Crippen molar-refractivity contribution in [2.24, 2.45) is 5.73 Å². The van der Waals surface area contributed by atoms with Crippen LogP contribution in [0, 0.1) is 0 Å². The van der Waals surface area contributed by atoms with Crippen LogP contribution in [0.5, 0.6) is 11.5 Å². The fourth-order valence-corrected chi connectivity index (χ4v) is 2.04. The summed E-state index contributed by atoms with van der Waals surface area (Å²) >= 11 is 6.19. The van der Waals surface area contributed by atoms with Gasteiger partial charge in [0.2, 0.25) is 0 Å². The average molecular weight is 292 g/mol. The van der Waals surface area contributed by atoms with Crippen LogP contribution in [-0.2, 0) is 6.61 Å². The fraction of sp³-hybridized carbons (Fsp3) is 0.250. The predicted molar refractivity (Wildman–Crippen MR) is 81.4 cm³/mol. The summed E-state index contributed by atoms with van der Waals surface area (Å²) in [6.45, 7) is 2.38. The Morgan fingerprint density at radius 3 is 2.40 bits per heavy atom. The minimum absolute atomic E-state index is 0.0388. The summed E-state index contributed by atoms with van der Waals surface area (Å²) in [6, 6.07) is 13.3. The lowest BCUT2D eigenvalue weighted by molar-refractivity contribution is 0.306. The largest absolute Gasteiger partial charge is 0.497 e. The van der Waals surface area contributed by atoms with E-state index in [2.05, 4.69) is 0 Å². The van der Waals surface area contributed by atoms with Gasteiger partial charge < -0.3 is 15.2 Å². The molecule has 0 bridgehead atoms. The Bertz CT molecular complexity index is 567. The minimum atomic E-state index is -0.0388.